The molecule has 0 heterocycles. The molecule has 0 fully saturated rings. The summed E-state index contributed by atoms with van der Waals surface area (Å²) in [5, 5.41) is 0. The summed E-state index contributed by atoms with van der Waals surface area (Å²) in [5.74, 6) is -1.48. The third kappa shape index (κ3) is 5.72. The minimum Gasteiger partial charge on any atom is -0.494 e. The minimum atomic E-state index is -4.41. The SMILES string of the molecule is CCOc1ccc(/C=C/c2ccc(CC(c3ccccc3)C(F)(F)F)cc2F)cc1. The summed E-state index contributed by atoms with van der Waals surface area (Å²) >= 11 is 0. The quantitative estimate of drug-likeness (QED) is 0.291. The van der Waals surface area contributed by atoms with E-state index in [1.54, 1.807) is 36.4 Å². The fourth-order valence-electron chi connectivity index (χ4n) is 3.20. The second-order valence-electron chi connectivity index (χ2n) is 6.90. The van der Waals surface area contributed by atoms with Crippen molar-refractivity contribution in [1.29, 1.82) is 0 Å². The lowest BCUT2D eigenvalue weighted by Gasteiger charge is -2.21. The van der Waals surface area contributed by atoms with Gasteiger partial charge in [0.15, 0.2) is 0 Å². The van der Waals surface area contributed by atoms with Crippen molar-refractivity contribution < 1.29 is 22.3 Å². The predicted molar refractivity (Wildman–Crippen MR) is 112 cm³/mol. The van der Waals surface area contributed by atoms with Crippen LogP contribution in [0.2, 0.25) is 0 Å². The second-order valence-corrected chi connectivity index (χ2v) is 6.90. The van der Waals surface area contributed by atoms with Crippen LogP contribution in [0.5, 0.6) is 5.75 Å². The summed E-state index contributed by atoms with van der Waals surface area (Å²) in [6.07, 6.45) is -1.37. The van der Waals surface area contributed by atoms with Crippen molar-refractivity contribution in [3.8, 4) is 5.75 Å². The lowest BCUT2D eigenvalue weighted by atomic mass is 9.91. The Kier molecular flexibility index (Phi) is 6.93. The van der Waals surface area contributed by atoms with E-state index in [9.17, 15) is 17.6 Å². The molecular formula is C25H22F4O. The average molecular weight is 414 g/mol. The maximum Gasteiger partial charge on any atom is 0.396 e. The van der Waals surface area contributed by atoms with E-state index in [0.717, 1.165) is 11.3 Å². The van der Waals surface area contributed by atoms with Gasteiger partial charge in [-0.05, 0) is 48.2 Å². The smallest absolute Gasteiger partial charge is 0.396 e. The van der Waals surface area contributed by atoms with Gasteiger partial charge in [0.2, 0.25) is 0 Å². The molecule has 0 amide bonds. The van der Waals surface area contributed by atoms with Gasteiger partial charge in [-0.1, -0.05) is 66.7 Å². The zero-order valence-electron chi connectivity index (χ0n) is 16.5. The molecule has 0 bridgehead atoms. The highest BCUT2D eigenvalue weighted by Crippen LogP contribution is 2.37. The van der Waals surface area contributed by atoms with Crippen LogP contribution in [0.4, 0.5) is 17.6 Å². The number of halogens is 4. The summed E-state index contributed by atoms with van der Waals surface area (Å²) in [4.78, 5) is 0. The van der Waals surface area contributed by atoms with Gasteiger partial charge < -0.3 is 4.74 Å². The van der Waals surface area contributed by atoms with Crippen LogP contribution in [0, 0.1) is 5.82 Å². The molecule has 1 unspecified atom stereocenters. The first-order valence-electron chi connectivity index (χ1n) is 9.68. The fourth-order valence-corrected chi connectivity index (χ4v) is 3.20. The molecular weight excluding hydrogens is 392 g/mol. The van der Waals surface area contributed by atoms with E-state index in [1.807, 2.05) is 31.2 Å². The molecule has 30 heavy (non-hydrogen) atoms. The summed E-state index contributed by atoms with van der Waals surface area (Å²) in [7, 11) is 0. The van der Waals surface area contributed by atoms with E-state index in [-0.39, 0.29) is 12.0 Å². The molecule has 0 N–H and O–H groups in total. The largest absolute Gasteiger partial charge is 0.494 e. The highest BCUT2D eigenvalue weighted by Gasteiger charge is 2.40. The molecule has 0 saturated carbocycles. The highest BCUT2D eigenvalue weighted by atomic mass is 19.4. The topological polar surface area (TPSA) is 9.23 Å². The lowest BCUT2D eigenvalue weighted by molar-refractivity contribution is -0.150. The number of alkyl halides is 3. The fraction of sp³-hybridized carbons (Fsp3) is 0.200. The third-order valence-electron chi connectivity index (χ3n) is 4.75. The van der Waals surface area contributed by atoms with Crippen LogP contribution in [0.1, 0.15) is 35.1 Å². The van der Waals surface area contributed by atoms with Crippen LogP contribution >= 0.6 is 0 Å². The Bertz CT molecular complexity index is 976. The molecule has 1 atom stereocenters. The third-order valence-corrected chi connectivity index (χ3v) is 4.75. The highest BCUT2D eigenvalue weighted by molar-refractivity contribution is 5.70. The lowest BCUT2D eigenvalue weighted by Crippen LogP contribution is -2.23. The molecule has 0 saturated heterocycles. The zero-order valence-corrected chi connectivity index (χ0v) is 16.5. The van der Waals surface area contributed by atoms with E-state index in [2.05, 4.69) is 0 Å². The Labute approximate surface area is 173 Å². The van der Waals surface area contributed by atoms with Crippen LogP contribution < -0.4 is 4.74 Å². The number of hydrogen-bond donors (Lipinski definition) is 0. The predicted octanol–water partition coefficient (Wildman–Crippen LogP) is 7.28. The first kappa shape index (κ1) is 21.6. The van der Waals surface area contributed by atoms with Gasteiger partial charge >= 0.3 is 6.18 Å². The zero-order chi connectivity index (χ0) is 21.6. The van der Waals surface area contributed by atoms with Gasteiger partial charge in [0.25, 0.3) is 0 Å². The Balaban J connectivity index is 1.75. The monoisotopic (exact) mass is 414 g/mol. The van der Waals surface area contributed by atoms with Gasteiger partial charge in [0.05, 0.1) is 12.5 Å². The van der Waals surface area contributed by atoms with Crippen molar-refractivity contribution in [2.75, 3.05) is 6.61 Å². The van der Waals surface area contributed by atoms with E-state index < -0.39 is 17.9 Å². The number of hydrogen-bond acceptors (Lipinski definition) is 1. The van der Waals surface area contributed by atoms with Crippen molar-refractivity contribution in [1.82, 2.24) is 0 Å². The standard InChI is InChI=1S/C25H22F4O/c1-2-30-22-14-10-18(11-15-22)8-12-21-13-9-19(17-24(21)26)16-23(25(27,28)29)20-6-4-3-5-7-20/h3-15,17,23H,2,16H2,1H3/b12-8+. The molecule has 0 radical (unpaired) electrons. The van der Waals surface area contributed by atoms with Crippen molar-refractivity contribution in [2.24, 2.45) is 0 Å². The number of ether oxygens (including phenoxy) is 1. The van der Waals surface area contributed by atoms with Crippen LogP contribution in [0.15, 0.2) is 72.8 Å². The van der Waals surface area contributed by atoms with Gasteiger partial charge in [-0.25, -0.2) is 4.39 Å². The average Bonchev–Trinajstić information content (AvgIpc) is 2.72. The van der Waals surface area contributed by atoms with Gasteiger partial charge in [-0.15, -0.1) is 0 Å². The van der Waals surface area contributed by atoms with Gasteiger partial charge in [-0.3, -0.25) is 0 Å². The summed E-state index contributed by atoms with van der Waals surface area (Å²) in [6, 6.07) is 19.3. The first-order chi connectivity index (χ1) is 14.4. The second kappa shape index (κ2) is 9.61. The molecule has 0 aliphatic rings. The molecule has 5 heteroatoms. The van der Waals surface area contributed by atoms with Crippen molar-refractivity contribution >= 4 is 12.2 Å². The number of rotatable bonds is 7. The van der Waals surface area contributed by atoms with Crippen LogP contribution in [-0.2, 0) is 6.42 Å². The van der Waals surface area contributed by atoms with Crippen LogP contribution in [0.3, 0.4) is 0 Å². The molecule has 3 rings (SSSR count). The molecule has 0 aromatic heterocycles. The number of benzene rings is 3. The minimum absolute atomic E-state index is 0.171. The van der Waals surface area contributed by atoms with E-state index in [0.29, 0.717) is 17.7 Å². The summed E-state index contributed by atoms with van der Waals surface area (Å²) < 4.78 is 60.5. The molecule has 1 nitrogen and oxygen atoms in total. The molecule has 3 aromatic carbocycles. The summed E-state index contributed by atoms with van der Waals surface area (Å²) in [5.41, 5.74) is 1.65. The normalized spacial score (nSPS) is 12.8. The molecule has 0 aliphatic heterocycles. The molecule has 156 valence electrons. The van der Waals surface area contributed by atoms with Gasteiger partial charge in [0.1, 0.15) is 11.6 Å². The Morgan fingerprint density at radius 1 is 0.900 bits per heavy atom. The first-order valence-corrected chi connectivity index (χ1v) is 9.68. The van der Waals surface area contributed by atoms with Crippen molar-refractivity contribution in [3.63, 3.8) is 0 Å². The van der Waals surface area contributed by atoms with Crippen molar-refractivity contribution in [2.45, 2.75) is 25.4 Å². The van der Waals surface area contributed by atoms with Crippen LogP contribution in [-0.4, -0.2) is 12.8 Å². The Morgan fingerprint density at radius 2 is 1.60 bits per heavy atom. The molecule has 3 aromatic rings. The summed E-state index contributed by atoms with van der Waals surface area (Å²) in [6.45, 7) is 2.48. The Morgan fingerprint density at radius 3 is 2.20 bits per heavy atom. The van der Waals surface area contributed by atoms with Gasteiger partial charge in [0, 0.05) is 5.56 Å². The Hall–Kier alpha value is -3.08. The van der Waals surface area contributed by atoms with Crippen LogP contribution in [0.25, 0.3) is 12.2 Å². The van der Waals surface area contributed by atoms with Crippen molar-refractivity contribution in [3.05, 3.63) is 101 Å². The maximum atomic E-state index is 14.5. The van der Waals surface area contributed by atoms with E-state index >= 15 is 0 Å². The maximum absolute atomic E-state index is 14.5. The van der Waals surface area contributed by atoms with Gasteiger partial charge in [-0.2, -0.15) is 13.2 Å². The van der Waals surface area contributed by atoms with E-state index in [1.165, 1.54) is 24.3 Å². The molecule has 0 aliphatic carbocycles. The van der Waals surface area contributed by atoms with E-state index in [4.69, 9.17) is 4.74 Å². The molecule has 0 spiro atoms.